The first-order valence-electron chi connectivity index (χ1n) is 4.72. The fraction of sp³-hybridized carbons (Fsp3) is 0.250. The number of carbonyl (C=O) groups excluding carboxylic acids is 1. The van der Waals surface area contributed by atoms with E-state index in [4.69, 9.17) is 0 Å². The van der Waals surface area contributed by atoms with Crippen LogP contribution in [0.4, 0.5) is 4.39 Å². The van der Waals surface area contributed by atoms with Gasteiger partial charge in [0, 0.05) is 12.8 Å². The first kappa shape index (κ1) is 9.13. The molecule has 0 saturated carbocycles. The highest BCUT2D eigenvalue weighted by Gasteiger charge is 2.07. The number of aryl methyl sites for hydroxylation is 1. The molecule has 2 heteroatoms. The van der Waals surface area contributed by atoms with E-state index in [1.807, 2.05) is 6.08 Å². The van der Waals surface area contributed by atoms with E-state index in [1.54, 1.807) is 12.1 Å². The molecular weight excluding hydrogens is 179 g/mol. The molecule has 0 radical (unpaired) electrons. The highest BCUT2D eigenvalue weighted by atomic mass is 19.1. The fourth-order valence-electron chi connectivity index (χ4n) is 1.64. The van der Waals surface area contributed by atoms with E-state index >= 15 is 0 Å². The van der Waals surface area contributed by atoms with Gasteiger partial charge in [0.2, 0.25) is 0 Å². The van der Waals surface area contributed by atoms with Crippen molar-refractivity contribution in [3.8, 4) is 0 Å². The predicted octanol–water partition coefficient (Wildman–Crippen LogP) is 2.74. The Morgan fingerprint density at radius 2 is 2.07 bits per heavy atom. The summed E-state index contributed by atoms with van der Waals surface area (Å²) >= 11 is 0. The first-order chi connectivity index (χ1) is 6.75. The number of ketones is 1. The molecule has 0 fully saturated rings. The Morgan fingerprint density at radius 1 is 1.21 bits per heavy atom. The molecule has 1 aromatic rings. The normalized spacial score (nSPS) is 18.2. The molecule has 0 spiro atoms. The maximum atomic E-state index is 12.9. The van der Waals surface area contributed by atoms with Crippen molar-refractivity contribution < 1.29 is 9.18 Å². The Labute approximate surface area is 82.3 Å². The second-order valence-corrected chi connectivity index (χ2v) is 3.49. The van der Waals surface area contributed by atoms with Gasteiger partial charge in [-0.3, -0.25) is 4.79 Å². The zero-order valence-corrected chi connectivity index (χ0v) is 7.79. The number of carbonyl (C=O) groups is 1. The molecule has 72 valence electrons. The van der Waals surface area contributed by atoms with Crippen LogP contribution >= 0.6 is 0 Å². The number of rotatable bonds is 0. The second-order valence-electron chi connectivity index (χ2n) is 3.49. The van der Waals surface area contributed by atoms with Crippen molar-refractivity contribution in [2.75, 3.05) is 0 Å². The molecule has 1 nitrogen and oxygen atoms in total. The van der Waals surface area contributed by atoms with Crippen LogP contribution in [0.25, 0.3) is 6.08 Å². The molecule has 0 bridgehead atoms. The topological polar surface area (TPSA) is 17.1 Å². The maximum Gasteiger partial charge on any atom is 0.136 e. The summed E-state index contributed by atoms with van der Waals surface area (Å²) in [5.41, 5.74) is 1.95. The molecule has 1 aromatic carbocycles. The summed E-state index contributed by atoms with van der Waals surface area (Å²) in [6, 6.07) is 4.72. The number of allylic oxidation sites excluding steroid dienone is 1. The van der Waals surface area contributed by atoms with Crippen LogP contribution in [-0.2, 0) is 11.2 Å². The summed E-state index contributed by atoms with van der Waals surface area (Å²) in [5.74, 6) is 0.0246. The van der Waals surface area contributed by atoms with Crippen LogP contribution in [0.2, 0.25) is 0 Å². The number of hydrogen-bond acceptors (Lipinski definition) is 1. The Morgan fingerprint density at radius 3 is 2.93 bits per heavy atom. The zero-order valence-electron chi connectivity index (χ0n) is 7.79. The Hall–Kier alpha value is -1.44. The van der Waals surface area contributed by atoms with Crippen LogP contribution < -0.4 is 0 Å². The average molecular weight is 190 g/mol. The fourth-order valence-corrected chi connectivity index (χ4v) is 1.64. The Kier molecular flexibility index (Phi) is 2.44. The van der Waals surface area contributed by atoms with Gasteiger partial charge in [0.15, 0.2) is 0 Å². The second kappa shape index (κ2) is 3.74. The molecule has 0 atom stereocenters. The molecule has 0 N–H and O–H groups in total. The number of hydrogen-bond donors (Lipinski definition) is 0. The van der Waals surface area contributed by atoms with Crippen molar-refractivity contribution in [2.45, 2.75) is 19.3 Å². The lowest BCUT2D eigenvalue weighted by molar-refractivity contribution is -0.118. The molecule has 1 aliphatic carbocycles. The van der Waals surface area contributed by atoms with Crippen LogP contribution in [0.15, 0.2) is 24.3 Å². The van der Waals surface area contributed by atoms with Gasteiger partial charge in [-0.15, -0.1) is 0 Å². The van der Waals surface area contributed by atoms with Crippen LogP contribution in [-0.4, -0.2) is 5.78 Å². The number of fused-ring (bicyclic) bond motifs is 1. The van der Waals surface area contributed by atoms with Gasteiger partial charge in [0.25, 0.3) is 0 Å². The highest BCUT2D eigenvalue weighted by molar-refractivity contribution is 5.82. The summed E-state index contributed by atoms with van der Waals surface area (Å²) in [6.45, 7) is 0. The van der Waals surface area contributed by atoms with Gasteiger partial charge in [-0.25, -0.2) is 4.39 Å². The summed E-state index contributed by atoms with van der Waals surface area (Å²) in [5, 5.41) is 0. The van der Waals surface area contributed by atoms with Gasteiger partial charge < -0.3 is 0 Å². The van der Waals surface area contributed by atoms with E-state index in [-0.39, 0.29) is 11.6 Å². The largest absolute Gasteiger partial charge is 0.299 e. The molecule has 14 heavy (non-hydrogen) atoms. The Bertz CT molecular complexity index is 393. The molecule has 0 amide bonds. The number of benzene rings is 1. The molecule has 0 aromatic heterocycles. The summed E-state index contributed by atoms with van der Waals surface area (Å²) in [4.78, 5) is 11.2. The van der Waals surface area contributed by atoms with Gasteiger partial charge >= 0.3 is 0 Å². The molecule has 0 unspecified atom stereocenters. The number of Topliss-reactive ketones (excluding diaryl/α,β-unsaturated/α-hetero) is 1. The smallest absolute Gasteiger partial charge is 0.136 e. The van der Waals surface area contributed by atoms with Crippen molar-refractivity contribution in [2.24, 2.45) is 0 Å². The van der Waals surface area contributed by atoms with Gasteiger partial charge in [-0.1, -0.05) is 18.2 Å². The van der Waals surface area contributed by atoms with Crippen LogP contribution in [0.1, 0.15) is 24.0 Å². The standard InChI is InChI=1S/C12H11FO/c13-11-6-4-9-5-7-12(14)3-1-2-10(9)8-11/h1-2,4,6,8H,3,5,7H2/b2-1-. The van der Waals surface area contributed by atoms with E-state index in [9.17, 15) is 9.18 Å². The zero-order chi connectivity index (χ0) is 9.97. The van der Waals surface area contributed by atoms with Crippen molar-refractivity contribution in [1.29, 1.82) is 0 Å². The first-order valence-corrected chi connectivity index (χ1v) is 4.72. The third kappa shape index (κ3) is 1.90. The molecule has 2 rings (SSSR count). The maximum absolute atomic E-state index is 12.9. The average Bonchev–Trinajstić information content (AvgIpc) is 2.13. The van der Waals surface area contributed by atoms with Crippen LogP contribution in [0, 0.1) is 5.82 Å². The van der Waals surface area contributed by atoms with Crippen molar-refractivity contribution in [1.82, 2.24) is 0 Å². The number of halogens is 1. The monoisotopic (exact) mass is 190 g/mol. The lowest BCUT2D eigenvalue weighted by atomic mass is 9.97. The van der Waals surface area contributed by atoms with Crippen molar-refractivity contribution in [3.63, 3.8) is 0 Å². The lowest BCUT2D eigenvalue weighted by Gasteiger charge is -2.08. The third-order valence-electron chi connectivity index (χ3n) is 2.42. The van der Waals surface area contributed by atoms with Gasteiger partial charge in [0.05, 0.1) is 0 Å². The van der Waals surface area contributed by atoms with Gasteiger partial charge in [-0.2, -0.15) is 0 Å². The van der Waals surface area contributed by atoms with Crippen LogP contribution in [0.5, 0.6) is 0 Å². The third-order valence-corrected chi connectivity index (χ3v) is 2.42. The van der Waals surface area contributed by atoms with E-state index in [0.29, 0.717) is 12.8 Å². The van der Waals surface area contributed by atoms with E-state index in [1.165, 1.54) is 12.1 Å². The summed E-state index contributed by atoms with van der Waals surface area (Å²) in [7, 11) is 0. The SMILES string of the molecule is O=C1C/C=C\c2cc(F)ccc2CC1. The van der Waals surface area contributed by atoms with Crippen molar-refractivity contribution in [3.05, 3.63) is 41.2 Å². The summed E-state index contributed by atoms with van der Waals surface area (Å²) in [6.07, 6.45) is 5.38. The molecule has 1 aliphatic rings. The molecule has 0 aliphatic heterocycles. The van der Waals surface area contributed by atoms with Gasteiger partial charge in [0.1, 0.15) is 11.6 Å². The minimum absolute atomic E-state index is 0.222. The molecule has 0 heterocycles. The predicted molar refractivity (Wildman–Crippen MR) is 53.4 cm³/mol. The van der Waals surface area contributed by atoms with E-state index in [2.05, 4.69) is 0 Å². The lowest BCUT2D eigenvalue weighted by Crippen LogP contribution is -2.02. The minimum atomic E-state index is -0.222. The highest BCUT2D eigenvalue weighted by Crippen LogP contribution is 2.18. The van der Waals surface area contributed by atoms with Crippen molar-refractivity contribution >= 4 is 11.9 Å². The minimum Gasteiger partial charge on any atom is -0.299 e. The molecular formula is C12H11FO. The van der Waals surface area contributed by atoms with Crippen LogP contribution in [0.3, 0.4) is 0 Å². The molecule has 0 saturated heterocycles. The summed E-state index contributed by atoms with van der Waals surface area (Å²) < 4.78 is 12.9. The Balaban J connectivity index is 2.39. The quantitative estimate of drug-likeness (QED) is 0.614. The van der Waals surface area contributed by atoms with E-state index < -0.39 is 0 Å². The van der Waals surface area contributed by atoms with Gasteiger partial charge in [-0.05, 0) is 29.7 Å². The van der Waals surface area contributed by atoms with E-state index in [0.717, 1.165) is 17.5 Å².